The van der Waals surface area contributed by atoms with Gasteiger partial charge in [-0.15, -0.1) is 0 Å². The number of esters is 1. The molecule has 82 valence electrons. The summed E-state index contributed by atoms with van der Waals surface area (Å²) in [5.74, 6) is -0.411. The van der Waals surface area contributed by atoms with E-state index >= 15 is 0 Å². The normalized spacial score (nSPS) is 14.4. The molecule has 0 heterocycles. The summed E-state index contributed by atoms with van der Waals surface area (Å²) in [6.45, 7) is 1.51. The van der Waals surface area contributed by atoms with Gasteiger partial charge in [0.15, 0.2) is 0 Å². The van der Waals surface area contributed by atoms with Gasteiger partial charge in [0.2, 0.25) is 0 Å². The highest BCUT2D eigenvalue weighted by Crippen LogP contribution is 2.18. The summed E-state index contributed by atoms with van der Waals surface area (Å²) >= 11 is 0. The van der Waals surface area contributed by atoms with Crippen LogP contribution in [0.3, 0.4) is 0 Å². The second-order valence-corrected chi connectivity index (χ2v) is 3.65. The molecular weight excluding hydrogens is 194 g/mol. The van der Waals surface area contributed by atoms with E-state index in [2.05, 4.69) is 4.74 Å². The van der Waals surface area contributed by atoms with E-state index in [0.29, 0.717) is 11.1 Å². The van der Waals surface area contributed by atoms with E-state index < -0.39 is 11.5 Å². The van der Waals surface area contributed by atoms with Crippen molar-refractivity contribution in [3.8, 4) is 0 Å². The Labute approximate surface area is 88.7 Å². The van der Waals surface area contributed by atoms with Crippen LogP contribution in [0.4, 0.5) is 0 Å². The molecule has 0 aromatic heterocycles. The maximum Gasteiger partial charge on any atom is 0.337 e. The fourth-order valence-corrected chi connectivity index (χ4v) is 1.21. The Hall–Kier alpha value is -1.39. The summed E-state index contributed by atoms with van der Waals surface area (Å²) in [5, 5.41) is 9.09. The van der Waals surface area contributed by atoms with Crippen LogP contribution >= 0.6 is 0 Å². The Balaban J connectivity index is 3.08. The zero-order valence-electron chi connectivity index (χ0n) is 8.86. The predicted octanol–water partition coefficient (Wildman–Crippen LogP) is 0.639. The maximum atomic E-state index is 11.3. The van der Waals surface area contributed by atoms with Crippen molar-refractivity contribution in [2.45, 2.75) is 12.5 Å². The van der Waals surface area contributed by atoms with Gasteiger partial charge in [0, 0.05) is 0 Å². The van der Waals surface area contributed by atoms with Crippen LogP contribution in [-0.4, -0.2) is 24.8 Å². The number of rotatable bonds is 3. The molecule has 1 atom stereocenters. The third kappa shape index (κ3) is 2.55. The number of carbonyl (C=O) groups is 1. The second kappa shape index (κ2) is 4.42. The van der Waals surface area contributed by atoms with Crippen molar-refractivity contribution in [1.82, 2.24) is 0 Å². The highest BCUT2D eigenvalue weighted by Gasteiger charge is 2.20. The summed E-state index contributed by atoms with van der Waals surface area (Å²) in [6.07, 6.45) is 0. The summed E-state index contributed by atoms with van der Waals surface area (Å²) in [6, 6.07) is 6.75. The van der Waals surface area contributed by atoms with Crippen LogP contribution in [0.25, 0.3) is 0 Å². The average Bonchev–Trinajstić information content (AvgIpc) is 2.28. The van der Waals surface area contributed by atoms with Gasteiger partial charge in [-0.2, -0.15) is 0 Å². The molecule has 0 fully saturated rings. The largest absolute Gasteiger partial charge is 0.465 e. The van der Waals surface area contributed by atoms with Crippen LogP contribution in [0, 0.1) is 0 Å². The van der Waals surface area contributed by atoms with Crippen LogP contribution in [0.15, 0.2) is 24.3 Å². The molecule has 0 amide bonds. The Morgan fingerprint density at radius 3 is 2.80 bits per heavy atom. The van der Waals surface area contributed by atoms with Crippen molar-refractivity contribution >= 4 is 5.97 Å². The number of benzene rings is 1. The standard InChI is InChI=1S/C11H15NO3/c1-11(12,7-13)9-5-3-4-8(6-9)10(14)15-2/h3-6,13H,7,12H2,1-2H3/t11-/m0/s1. The zero-order valence-corrected chi connectivity index (χ0v) is 8.86. The molecule has 0 aliphatic rings. The third-order valence-electron chi connectivity index (χ3n) is 2.27. The van der Waals surface area contributed by atoms with Crippen molar-refractivity contribution in [2.24, 2.45) is 5.73 Å². The molecule has 1 aromatic rings. The van der Waals surface area contributed by atoms with E-state index in [9.17, 15) is 4.79 Å². The SMILES string of the molecule is COC(=O)c1cccc([C@@](C)(N)CO)c1. The summed E-state index contributed by atoms with van der Waals surface area (Å²) in [5.41, 5.74) is 6.13. The first kappa shape index (κ1) is 11.7. The lowest BCUT2D eigenvalue weighted by Crippen LogP contribution is -2.37. The summed E-state index contributed by atoms with van der Waals surface area (Å²) in [4.78, 5) is 11.3. The minimum atomic E-state index is -0.843. The maximum absolute atomic E-state index is 11.3. The molecule has 15 heavy (non-hydrogen) atoms. The minimum absolute atomic E-state index is 0.183. The number of aliphatic hydroxyl groups excluding tert-OH is 1. The molecule has 1 aromatic carbocycles. The van der Waals surface area contributed by atoms with Crippen molar-refractivity contribution in [1.29, 1.82) is 0 Å². The number of carbonyl (C=O) groups excluding carboxylic acids is 1. The summed E-state index contributed by atoms with van der Waals surface area (Å²) in [7, 11) is 1.32. The Kier molecular flexibility index (Phi) is 3.44. The lowest BCUT2D eigenvalue weighted by molar-refractivity contribution is 0.0600. The smallest absolute Gasteiger partial charge is 0.337 e. The molecule has 3 N–H and O–H groups in total. The Morgan fingerprint density at radius 2 is 2.27 bits per heavy atom. The number of hydrogen-bond acceptors (Lipinski definition) is 4. The van der Waals surface area contributed by atoms with Crippen LogP contribution in [0.5, 0.6) is 0 Å². The van der Waals surface area contributed by atoms with Crippen molar-refractivity contribution in [3.63, 3.8) is 0 Å². The highest BCUT2D eigenvalue weighted by atomic mass is 16.5. The first-order valence-electron chi connectivity index (χ1n) is 4.60. The fraction of sp³-hybridized carbons (Fsp3) is 0.364. The fourth-order valence-electron chi connectivity index (χ4n) is 1.21. The molecule has 1 rings (SSSR count). The van der Waals surface area contributed by atoms with E-state index in [4.69, 9.17) is 10.8 Å². The third-order valence-corrected chi connectivity index (χ3v) is 2.27. The molecule has 0 bridgehead atoms. The van der Waals surface area contributed by atoms with Gasteiger partial charge in [-0.05, 0) is 24.6 Å². The van der Waals surface area contributed by atoms with Crippen LogP contribution in [0.1, 0.15) is 22.8 Å². The van der Waals surface area contributed by atoms with Gasteiger partial charge in [-0.25, -0.2) is 4.79 Å². The average molecular weight is 209 g/mol. The van der Waals surface area contributed by atoms with Crippen molar-refractivity contribution in [2.75, 3.05) is 13.7 Å². The second-order valence-electron chi connectivity index (χ2n) is 3.65. The van der Waals surface area contributed by atoms with E-state index in [1.807, 2.05) is 0 Å². The van der Waals surface area contributed by atoms with Crippen LogP contribution in [-0.2, 0) is 10.3 Å². The first-order valence-corrected chi connectivity index (χ1v) is 4.60. The Morgan fingerprint density at radius 1 is 1.60 bits per heavy atom. The topological polar surface area (TPSA) is 72.5 Å². The number of nitrogens with two attached hydrogens (primary N) is 1. The Bertz CT molecular complexity index is 361. The van der Waals surface area contributed by atoms with E-state index in [1.54, 1.807) is 31.2 Å². The quantitative estimate of drug-likeness (QED) is 0.716. The molecule has 0 aliphatic carbocycles. The molecule has 4 heteroatoms. The molecule has 0 aliphatic heterocycles. The van der Waals surface area contributed by atoms with Crippen LogP contribution < -0.4 is 5.73 Å². The highest BCUT2D eigenvalue weighted by molar-refractivity contribution is 5.89. The predicted molar refractivity (Wildman–Crippen MR) is 56.4 cm³/mol. The van der Waals surface area contributed by atoms with Crippen molar-refractivity contribution in [3.05, 3.63) is 35.4 Å². The summed E-state index contributed by atoms with van der Waals surface area (Å²) < 4.78 is 4.60. The number of methoxy groups -OCH3 is 1. The van der Waals surface area contributed by atoms with E-state index in [0.717, 1.165) is 0 Å². The van der Waals surface area contributed by atoms with Crippen molar-refractivity contribution < 1.29 is 14.6 Å². The number of ether oxygens (including phenoxy) is 1. The van der Waals surface area contributed by atoms with Gasteiger partial charge in [-0.3, -0.25) is 0 Å². The zero-order chi connectivity index (χ0) is 11.5. The number of aliphatic hydroxyl groups is 1. The van der Waals surface area contributed by atoms with Gasteiger partial charge >= 0.3 is 5.97 Å². The van der Waals surface area contributed by atoms with Gasteiger partial charge in [-0.1, -0.05) is 12.1 Å². The van der Waals surface area contributed by atoms with Gasteiger partial charge in [0.05, 0.1) is 24.8 Å². The van der Waals surface area contributed by atoms with E-state index in [-0.39, 0.29) is 6.61 Å². The lowest BCUT2D eigenvalue weighted by Gasteiger charge is -2.22. The van der Waals surface area contributed by atoms with Crippen LogP contribution in [0.2, 0.25) is 0 Å². The van der Waals surface area contributed by atoms with Gasteiger partial charge < -0.3 is 15.6 Å². The number of hydrogen-bond donors (Lipinski definition) is 2. The lowest BCUT2D eigenvalue weighted by atomic mass is 9.93. The molecule has 0 saturated carbocycles. The molecule has 0 unspecified atom stereocenters. The van der Waals surface area contributed by atoms with Gasteiger partial charge in [0.25, 0.3) is 0 Å². The van der Waals surface area contributed by atoms with Gasteiger partial charge in [0.1, 0.15) is 0 Å². The molecule has 0 spiro atoms. The minimum Gasteiger partial charge on any atom is -0.465 e. The monoisotopic (exact) mass is 209 g/mol. The first-order chi connectivity index (χ1) is 7.01. The molecule has 0 radical (unpaired) electrons. The molecule has 0 saturated heterocycles. The molecule has 4 nitrogen and oxygen atoms in total. The van der Waals surface area contributed by atoms with E-state index in [1.165, 1.54) is 7.11 Å². The molecular formula is C11H15NO3.